The minimum atomic E-state index is -0.972. The summed E-state index contributed by atoms with van der Waals surface area (Å²) in [6, 6.07) is 7.98. The van der Waals surface area contributed by atoms with Gasteiger partial charge in [-0.25, -0.2) is 0 Å². The standard InChI is InChI=1S/C15H17NO2/c1-9-6-5-7-11-8-10(2)13(16-12(9)11)15(3,4)14(17)18/h5-8H,1-4H3,(H,17,18). The van der Waals surface area contributed by atoms with E-state index in [1.54, 1.807) is 13.8 Å². The van der Waals surface area contributed by atoms with E-state index >= 15 is 0 Å². The predicted octanol–water partition coefficient (Wildman–Crippen LogP) is 3.21. The maximum Gasteiger partial charge on any atom is 0.315 e. The molecule has 3 heteroatoms. The molecular weight excluding hydrogens is 226 g/mol. The Morgan fingerprint density at radius 1 is 1.22 bits per heavy atom. The largest absolute Gasteiger partial charge is 0.481 e. The highest BCUT2D eigenvalue weighted by atomic mass is 16.4. The third-order valence-corrected chi connectivity index (χ3v) is 3.36. The van der Waals surface area contributed by atoms with Crippen LogP contribution in [0.5, 0.6) is 0 Å². The number of hydrogen-bond donors (Lipinski definition) is 1. The number of carboxylic acids is 1. The minimum Gasteiger partial charge on any atom is -0.481 e. The maximum absolute atomic E-state index is 11.4. The Labute approximate surface area is 106 Å². The number of hydrogen-bond acceptors (Lipinski definition) is 2. The topological polar surface area (TPSA) is 50.2 Å². The molecule has 0 fully saturated rings. The van der Waals surface area contributed by atoms with E-state index in [9.17, 15) is 9.90 Å². The van der Waals surface area contributed by atoms with Crippen LogP contribution < -0.4 is 0 Å². The Hall–Kier alpha value is -1.90. The first-order valence-electron chi connectivity index (χ1n) is 5.95. The molecule has 0 aliphatic carbocycles. The molecular formula is C15H17NO2. The van der Waals surface area contributed by atoms with Gasteiger partial charge in [-0.05, 0) is 44.9 Å². The average Bonchev–Trinajstić information content (AvgIpc) is 2.28. The molecule has 0 unspecified atom stereocenters. The monoisotopic (exact) mass is 243 g/mol. The van der Waals surface area contributed by atoms with E-state index in [1.165, 1.54) is 0 Å². The Bertz CT molecular complexity index is 630. The van der Waals surface area contributed by atoms with Crippen molar-refractivity contribution in [3.8, 4) is 0 Å². The summed E-state index contributed by atoms with van der Waals surface area (Å²) < 4.78 is 0. The van der Waals surface area contributed by atoms with E-state index in [2.05, 4.69) is 4.98 Å². The van der Waals surface area contributed by atoms with Crippen LogP contribution in [0.4, 0.5) is 0 Å². The van der Waals surface area contributed by atoms with Crippen molar-refractivity contribution in [2.45, 2.75) is 33.1 Å². The normalized spacial score (nSPS) is 11.8. The fraction of sp³-hybridized carbons (Fsp3) is 0.333. The molecule has 0 spiro atoms. The van der Waals surface area contributed by atoms with Crippen LogP contribution in [0.25, 0.3) is 10.9 Å². The molecule has 0 bridgehead atoms. The number of para-hydroxylation sites is 1. The van der Waals surface area contributed by atoms with Gasteiger partial charge < -0.3 is 5.11 Å². The molecule has 0 saturated carbocycles. The van der Waals surface area contributed by atoms with Crippen molar-refractivity contribution in [3.05, 3.63) is 41.1 Å². The van der Waals surface area contributed by atoms with E-state index in [0.29, 0.717) is 5.69 Å². The fourth-order valence-electron chi connectivity index (χ4n) is 2.19. The van der Waals surface area contributed by atoms with Crippen LogP contribution in [0.1, 0.15) is 30.7 Å². The van der Waals surface area contributed by atoms with Crippen molar-refractivity contribution in [1.29, 1.82) is 0 Å². The van der Waals surface area contributed by atoms with E-state index in [4.69, 9.17) is 0 Å². The summed E-state index contributed by atoms with van der Waals surface area (Å²) in [5, 5.41) is 10.4. The van der Waals surface area contributed by atoms with Gasteiger partial charge in [-0.2, -0.15) is 0 Å². The van der Waals surface area contributed by atoms with E-state index in [0.717, 1.165) is 22.0 Å². The molecule has 0 radical (unpaired) electrons. The molecule has 3 nitrogen and oxygen atoms in total. The van der Waals surface area contributed by atoms with Crippen molar-refractivity contribution < 1.29 is 9.90 Å². The van der Waals surface area contributed by atoms with E-state index in [-0.39, 0.29) is 0 Å². The van der Waals surface area contributed by atoms with Gasteiger partial charge in [0.25, 0.3) is 0 Å². The highest BCUT2D eigenvalue weighted by molar-refractivity contribution is 5.85. The number of aryl methyl sites for hydroxylation is 2. The molecule has 0 amide bonds. The fourth-order valence-corrected chi connectivity index (χ4v) is 2.19. The van der Waals surface area contributed by atoms with Gasteiger partial charge in [-0.1, -0.05) is 18.2 Å². The number of benzene rings is 1. The lowest BCUT2D eigenvalue weighted by molar-refractivity contribution is -0.142. The lowest BCUT2D eigenvalue weighted by Crippen LogP contribution is -2.30. The highest BCUT2D eigenvalue weighted by Crippen LogP contribution is 2.28. The zero-order valence-corrected chi connectivity index (χ0v) is 11.1. The third kappa shape index (κ3) is 1.86. The SMILES string of the molecule is Cc1cc2cccc(C)c2nc1C(C)(C)C(=O)O. The first-order chi connectivity index (χ1) is 8.34. The Balaban J connectivity index is 2.77. The molecule has 1 aromatic carbocycles. The van der Waals surface area contributed by atoms with Gasteiger partial charge in [0.15, 0.2) is 0 Å². The second kappa shape index (κ2) is 4.09. The number of fused-ring (bicyclic) bond motifs is 1. The van der Waals surface area contributed by atoms with E-state index < -0.39 is 11.4 Å². The molecule has 0 atom stereocenters. The van der Waals surface area contributed by atoms with Gasteiger partial charge in [0.1, 0.15) is 5.41 Å². The van der Waals surface area contributed by atoms with Crippen LogP contribution in [-0.4, -0.2) is 16.1 Å². The number of aliphatic carboxylic acids is 1. The van der Waals surface area contributed by atoms with Gasteiger partial charge in [0.05, 0.1) is 11.2 Å². The summed E-state index contributed by atoms with van der Waals surface area (Å²) in [7, 11) is 0. The smallest absolute Gasteiger partial charge is 0.315 e. The predicted molar refractivity (Wildman–Crippen MR) is 71.9 cm³/mol. The van der Waals surface area contributed by atoms with Crippen molar-refractivity contribution in [3.63, 3.8) is 0 Å². The Morgan fingerprint density at radius 2 is 1.89 bits per heavy atom. The van der Waals surface area contributed by atoms with Crippen molar-refractivity contribution >= 4 is 16.9 Å². The van der Waals surface area contributed by atoms with Crippen LogP contribution in [0.15, 0.2) is 24.3 Å². The molecule has 0 saturated heterocycles. The first kappa shape index (κ1) is 12.6. The van der Waals surface area contributed by atoms with Crippen LogP contribution in [0.3, 0.4) is 0 Å². The number of nitrogens with zero attached hydrogens (tertiary/aromatic N) is 1. The van der Waals surface area contributed by atoms with Crippen LogP contribution in [0, 0.1) is 13.8 Å². The molecule has 18 heavy (non-hydrogen) atoms. The second-order valence-corrected chi connectivity index (χ2v) is 5.23. The second-order valence-electron chi connectivity index (χ2n) is 5.23. The lowest BCUT2D eigenvalue weighted by atomic mass is 9.86. The number of carboxylic acid groups (broad SMARTS) is 1. The lowest BCUT2D eigenvalue weighted by Gasteiger charge is -2.21. The van der Waals surface area contributed by atoms with Crippen LogP contribution >= 0.6 is 0 Å². The van der Waals surface area contributed by atoms with Crippen LogP contribution in [0.2, 0.25) is 0 Å². The van der Waals surface area contributed by atoms with Gasteiger partial charge in [0, 0.05) is 5.39 Å². The maximum atomic E-state index is 11.4. The van der Waals surface area contributed by atoms with Gasteiger partial charge >= 0.3 is 5.97 Å². The average molecular weight is 243 g/mol. The van der Waals surface area contributed by atoms with Crippen molar-refractivity contribution in [2.75, 3.05) is 0 Å². The Kier molecular flexibility index (Phi) is 2.85. The molecule has 1 heterocycles. The molecule has 1 aromatic heterocycles. The van der Waals surface area contributed by atoms with Gasteiger partial charge in [0.2, 0.25) is 0 Å². The van der Waals surface area contributed by atoms with E-state index in [1.807, 2.05) is 38.1 Å². The number of rotatable bonds is 2. The molecule has 2 rings (SSSR count). The minimum absolute atomic E-state index is 0.636. The molecule has 0 aliphatic heterocycles. The summed E-state index contributed by atoms with van der Waals surface area (Å²) in [5.41, 5.74) is 2.53. The third-order valence-electron chi connectivity index (χ3n) is 3.36. The molecule has 0 aliphatic rings. The summed E-state index contributed by atoms with van der Waals surface area (Å²) in [6.07, 6.45) is 0. The molecule has 94 valence electrons. The van der Waals surface area contributed by atoms with Crippen molar-refractivity contribution in [1.82, 2.24) is 4.98 Å². The summed E-state index contributed by atoms with van der Waals surface area (Å²) in [5.74, 6) is -0.856. The highest BCUT2D eigenvalue weighted by Gasteiger charge is 2.32. The Morgan fingerprint density at radius 3 is 2.50 bits per heavy atom. The van der Waals surface area contributed by atoms with Gasteiger partial charge in [-0.15, -0.1) is 0 Å². The molecule has 1 N–H and O–H groups in total. The van der Waals surface area contributed by atoms with Crippen LogP contribution in [-0.2, 0) is 10.2 Å². The zero-order valence-electron chi connectivity index (χ0n) is 11.1. The number of aromatic nitrogens is 1. The quantitative estimate of drug-likeness (QED) is 0.881. The first-order valence-corrected chi connectivity index (χ1v) is 5.95. The summed E-state index contributed by atoms with van der Waals surface area (Å²) in [4.78, 5) is 15.9. The number of pyridine rings is 1. The number of carbonyl (C=O) groups is 1. The summed E-state index contributed by atoms with van der Waals surface area (Å²) >= 11 is 0. The molecule has 2 aromatic rings. The summed E-state index contributed by atoms with van der Waals surface area (Å²) in [6.45, 7) is 7.28. The van der Waals surface area contributed by atoms with Gasteiger partial charge in [-0.3, -0.25) is 9.78 Å². The zero-order chi connectivity index (χ0) is 13.5. The van der Waals surface area contributed by atoms with Crippen molar-refractivity contribution in [2.24, 2.45) is 0 Å².